The van der Waals surface area contributed by atoms with E-state index < -0.39 is 20.8 Å². The lowest BCUT2D eigenvalue weighted by Gasteiger charge is -2.26. The zero-order valence-corrected chi connectivity index (χ0v) is 12.8. The van der Waals surface area contributed by atoms with Crippen LogP contribution in [-0.2, 0) is 27.2 Å². The van der Waals surface area contributed by atoms with Crippen molar-refractivity contribution < 1.29 is 12.6 Å². The number of hydrogen-bond acceptors (Lipinski definition) is 4. The van der Waals surface area contributed by atoms with E-state index in [1.807, 2.05) is 6.07 Å². The highest BCUT2D eigenvalue weighted by molar-refractivity contribution is 7.89. The molecule has 20 heavy (non-hydrogen) atoms. The van der Waals surface area contributed by atoms with Gasteiger partial charge in [-0.05, 0) is 30.5 Å². The van der Waals surface area contributed by atoms with Crippen LogP contribution in [0.4, 0.5) is 5.69 Å². The molecule has 2 aliphatic heterocycles. The van der Waals surface area contributed by atoms with Crippen LogP contribution >= 0.6 is 0 Å². The van der Waals surface area contributed by atoms with Crippen molar-refractivity contribution >= 4 is 26.5 Å². The van der Waals surface area contributed by atoms with Gasteiger partial charge in [-0.25, -0.2) is 8.42 Å². The summed E-state index contributed by atoms with van der Waals surface area (Å²) in [5.41, 5.74) is 2.10. The van der Waals surface area contributed by atoms with Crippen molar-refractivity contribution in [2.24, 2.45) is 0 Å². The van der Waals surface area contributed by atoms with Gasteiger partial charge in [0.1, 0.15) is 0 Å². The minimum absolute atomic E-state index is 0.332. The van der Waals surface area contributed by atoms with Crippen molar-refractivity contribution in [3.63, 3.8) is 0 Å². The summed E-state index contributed by atoms with van der Waals surface area (Å²) in [6.07, 6.45) is 2.07. The molecule has 1 N–H and O–H groups in total. The van der Waals surface area contributed by atoms with Crippen LogP contribution in [0, 0.1) is 0 Å². The van der Waals surface area contributed by atoms with Crippen LogP contribution in [0.1, 0.15) is 12.0 Å². The minimum atomic E-state index is -3.46. The highest BCUT2D eigenvalue weighted by atomic mass is 32.2. The highest BCUT2D eigenvalue weighted by Gasteiger charge is 2.28. The average molecular weight is 314 g/mol. The van der Waals surface area contributed by atoms with Crippen LogP contribution < -0.4 is 5.32 Å². The molecule has 3 rings (SSSR count). The third-order valence-electron chi connectivity index (χ3n) is 3.79. The molecule has 2 heterocycles. The SMILES string of the molecule is O=S1CCN(S(=O)(=O)c2ccc3c(c2)NCCC3)CC1. The topological polar surface area (TPSA) is 66.5 Å². The van der Waals surface area contributed by atoms with E-state index in [0.29, 0.717) is 29.5 Å². The van der Waals surface area contributed by atoms with Gasteiger partial charge in [0.2, 0.25) is 10.0 Å². The molecular formula is C13H18N2O3S2. The Bertz CT molecular complexity index is 633. The van der Waals surface area contributed by atoms with E-state index in [1.54, 1.807) is 12.1 Å². The summed E-state index contributed by atoms with van der Waals surface area (Å²) in [7, 11) is -4.33. The van der Waals surface area contributed by atoms with Crippen molar-refractivity contribution in [2.75, 3.05) is 36.5 Å². The first kappa shape index (κ1) is 14.0. The molecule has 1 saturated heterocycles. The van der Waals surface area contributed by atoms with E-state index >= 15 is 0 Å². The predicted molar refractivity (Wildman–Crippen MR) is 79.9 cm³/mol. The largest absolute Gasteiger partial charge is 0.385 e. The smallest absolute Gasteiger partial charge is 0.243 e. The molecule has 0 atom stereocenters. The van der Waals surface area contributed by atoms with Gasteiger partial charge in [0.15, 0.2) is 0 Å². The molecule has 1 fully saturated rings. The van der Waals surface area contributed by atoms with Gasteiger partial charge in [-0.15, -0.1) is 0 Å². The van der Waals surface area contributed by atoms with E-state index in [2.05, 4.69) is 5.32 Å². The maximum atomic E-state index is 12.6. The fourth-order valence-electron chi connectivity index (χ4n) is 2.61. The molecule has 0 radical (unpaired) electrons. The maximum absolute atomic E-state index is 12.6. The Kier molecular flexibility index (Phi) is 3.83. The van der Waals surface area contributed by atoms with Gasteiger partial charge < -0.3 is 5.32 Å². The molecule has 0 aliphatic carbocycles. The molecule has 0 amide bonds. The standard InChI is InChI=1S/C13H18N2O3S2/c16-19-8-6-15(7-9-19)20(17,18)12-4-3-11-2-1-5-14-13(11)10-12/h3-4,10,14H,1-2,5-9H2. The Labute approximate surface area is 121 Å². The van der Waals surface area contributed by atoms with Crippen LogP contribution in [-0.4, -0.2) is 48.1 Å². The van der Waals surface area contributed by atoms with Gasteiger partial charge >= 0.3 is 0 Å². The fraction of sp³-hybridized carbons (Fsp3) is 0.538. The van der Waals surface area contributed by atoms with Crippen molar-refractivity contribution in [2.45, 2.75) is 17.7 Å². The zero-order valence-electron chi connectivity index (χ0n) is 11.2. The Balaban J connectivity index is 1.89. The summed E-state index contributed by atoms with van der Waals surface area (Å²) in [6.45, 7) is 1.58. The summed E-state index contributed by atoms with van der Waals surface area (Å²) in [6, 6.07) is 5.32. The fourth-order valence-corrected chi connectivity index (χ4v) is 5.36. The van der Waals surface area contributed by atoms with Gasteiger partial charge in [-0.1, -0.05) is 6.07 Å². The lowest BCUT2D eigenvalue weighted by molar-refractivity contribution is 0.438. The molecule has 1 aromatic carbocycles. The molecule has 2 aliphatic rings. The first-order valence-electron chi connectivity index (χ1n) is 6.79. The zero-order chi connectivity index (χ0) is 14.2. The Morgan fingerprint density at radius 1 is 1.20 bits per heavy atom. The molecule has 0 aromatic heterocycles. The number of sulfonamides is 1. The predicted octanol–water partition coefficient (Wildman–Crippen LogP) is 0.798. The average Bonchev–Trinajstić information content (AvgIpc) is 2.47. The van der Waals surface area contributed by atoms with Crippen molar-refractivity contribution in [1.29, 1.82) is 0 Å². The molecule has 5 nitrogen and oxygen atoms in total. The molecule has 1 aromatic rings. The monoisotopic (exact) mass is 314 g/mol. The van der Waals surface area contributed by atoms with Gasteiger partial charge in [-0.3, -0.25) is 4.21 Å². The van der Waals surface area contributed by atoms with Gasteiger partial charge in [0, 0.05) is 47.6 Å². The van der Waals surface area contributed by atoms with Gasteiger partial charge in [0.25, 0.3) is 0 Å². The third kappa shape index (κ3) is 2.62. The molecule has 0 unspecified atom stereocenters. The third-order valence-corrected chi connectivity index (χ3v) is 6.96. The lowest BCUT2D eigenvalue weighted by Crippen LogP contribution is -2.41. The number of hydrogen-bond donors (Lipinski definition) is 1. The number of fused-ring (bicyclic) bond motifs is 1. The Hall–Kier alpha value is -0.920. The molecule has 110 valence electrons. The van der Waals surface area contributed by atoms with E-state index in [9.17, 15) is 12.6 Å². The first-order chi connectivity index (χ1) is 9.57. The number of nitrogens with zero attached hydrogens (tertiary/aromatic N) is 1. The quantitative estimate of drug-likeness (QED) is 0.877. The molecule has 0 saturated carbocycles. The molecule has 7 heteroatoms. The van der Waals surface area contributed by atoms with Crippen LogP contribution in [0.25, 0.3) is 0 Å². The van der Waals surface area contributed by atoms with E-state index in [1.165, 1.54) is 9.87 Å². The normalized spacial score (nSPS) is 21.2. The van der Waals surface area contributed by atoms with Crippen molar-refractivity contribution in [3.05, 3.63) is 23.8 Å². The maximum Gasteiger partial charge on any atom is 0.243 e. The summed E-state index contributed by atoms with van der Waals surface area (Å²) in [4.78, 5) is 0.332. The Morgan fingerprint density at radius 3 is 2.70 bits per heavy atom. The number of rotatable bonds is 2. The molecule has 0 bridgehead atoms. The second-order valence-corrected chi connectivity index (χ2v) is 8.74. The number of nitrogens with one attached hydrogen (secondary N) is 1. The summed E-state index contributed by atoms with van der Waals surface area (Å²) < 4.78 is 37.9. The summed E-state index contributed by atoms with van der Waals surface area (Å²) in [5.74, 6) is 0.866. The van der Waals surface area contributed by atoms with Crippen LogP contribution in [0.15, 0.2) is 23.1 Å². The van der Waals surface area contributed by atoms with Crippen molar-refractivity contribution in [1.82, 2.24) is 4.31 Å². The number of aryl methyl sites for hydroxylation is 1. The number of benzene rings is 1. The Morgan fingerprint density at radius 2 is 1.95 bits per heavy atom. The van der Waals surface area contributed by atoms with Gasteiger partial charge in [-0.2, -0.15) is 4.31 Å². The minimum Gasteiger partial charge on any atom is -0.385 e. The summed E-state index contributed by atoms with van der Waals surface area (Å²) in [5, 5.41) is 3.25. The first-order valence-corrected chi connectivity index (χ1v) is 9.72. The lowest BCUT2D eigenvalue weighted by atomic mass is 10.0. The number of anilines is 1. The van der Waals surface area contributed by atoms with E-state index in [0.717, 1.165) is 25.1 Å². The van der Waals surface area contributed by atoms with E-state index in [4.69, 9.17) is 0 Å². The van der Waals surface area contributed by atoms with Crippen LogP contribution in [0.2, 0.25) is 0 Å². The van der Waals surface area contributed by atoms with Crippen molar-refractivity contribution in [3.8, 4) is 0 Å². The van der Waals surface area contributed by atoms with Crippen LogP contribution in [0.3, 0.4) is 0 Å². The highest BCUT2D eigenvalue weighted by Crippen LogP contribution is 2.27. The molecular weight excluding hydrogens is 296 g/mol. The van der Waals surface area contributed by atoms with Crippen LogP contribution in [0.5, 0.6) is 0 Å². The second kappa shape index (κ2) is 5.46. The van der Waals surface area contributed by atoms with E-state index in [-0.39, 0.29) is 0 Å². The second-order valence-electron chi connectivity index (χ2n) is 5.10. The van der Waals surface area contributed by atoms with Gasteiger partial charge in [0.05, 0.1) is 4.90 Å². The summed E-state index contributed by atoms with van der Waals surface area (Å²) >= 11 is 0. The molecule has 0 spiro atoms.